The number of hydrogen-bond acceptors (Lipinski definition) is 7. The van der Waals surface area contributed by atoms with E-state index in [1.165, 1.54) is 17.7 Å². The molecule has 0 saturated carbocycles. The van der Waals surface area contributed by atoms with Crippen LogP contribution in [0.5, 0.6) is 0 Å². The number of Topliss-reactive ketones (excluding diaryl/α,β-unsaturated/α-hetero) is 1. The number of aliphatic hydroxyl groups excluding tert-OH is 1. The molecule has 24 heavy (non-hydrogen) atoms. The Morgan fingerprint density at radius 2 is 2.12 bits per heavy atom. The molecule has 1 unspecified atom stereocenters. The van der Waals surface area contributed by atoms with Crippen molar-refractivity contribution in [2.45, 2.75) is 51.5 Å². The summed E-state index contributed by atoms with van der Waals surface area (Å²) >= 11 is 0. The van der Waals surface area contributed by atoms with Crippen LogP contribution < -0.4 is 11.2 Å². The highest BCUT2D eigenvalue weighted by atomic mass is 16.6. The predicted octanol–water partition coefficient (Wildman–Crippen LogP) is -0.594. The summed E-state index contributed by atoms with van der Waals surface area (Å²) in [7, 11) is 0. The summed E-state index contributed by atoms with van der Waals surface area (Å²) in [6, 6.07) is 0. The van der Waals surface area contributed by atoms with Crippen molar-refractivity contribution in [3.05, 3.63) is 32.6 Å². The third kappa shape index (κ3) is 4.18. The lowest BCUT2D eigenvalue weighted by molar-refractivity contribution is -0.153. The molecule has 0 aromatic carbocycles. The molecule has 0 bridgehead atoms. The van der Waals surface area contributed by atoms with E-state index in [1.54, 1.807) is 6.92 Å². The summed E-state index contributed by atoms with van der Waals surface area (Å²) in [6.45, 7) is 2.54. The second kappa shape index (κ2) is 7.54. The molecule has 0 spiro atoms. The van der Waals surface area contributed by atoms with Gasteiger partial charge in [0.25, 0.3) is 5.56 Å². The van der Waals surface area contributed by atoms with Crippen LogP contribution >= 0.6 is 0 Å². The SMILES string of the molecule is CC(=O)CCC(=O)OC1C[C@H](n2cc(C)c(=O)[nH]c2=O)O[C@@H]1CO. The Labute approximate surface area is 137 Å². The topological polar surface area (TPSA) is 128 Å². The zero-order valence-corrected chi connectivity index (χ0v) is 13.5. The van der Waals surface area contributed by atoms with Gasteiger partial charge in [0.15, 0.2) is 0 Å². The van der Waals surface area contributed by atoms with Crippen LogP contribution in [0.3, 0.4) is 0 Å². The summed E-state index contributed by atoms with van der Waals surface area (Å²) in [5, 5.41) is 9.38. The number of hydrogen-bond donors (Lipinski definition) is 2. The number of carbonyl (C=O) groups excluding carboxylic acids is 2. The molecule has 1 aliphatic heterocycles. The van der Waals surface area contributed by atoms with E-state index in [0.717, 1.165) is 0 Å². The van der Waals surface area contributed by atoms with Crippen LogP contribution in [0.2, 0.25) is 0 Å². The highest BCUT2D eigenvalue weighted by molar-refractivity contribution is 5.81. The maximum atomic E-state index is 11.9. The van der Waals surface area contributed by atoms with Crippen LogP contribution in [-0.2, 0) is 19.1 Å². The normalized spacial score (nSPS) is 23.2. The van der Waals surface area contributed by atoms with Crippen LogP contribution in [0.1, 0.15) is 38.0 Å². The lowest BCUT2D eigenvalue weighted by Crippen LogP contribution is -2.33. The number of ether oxygens (including phenoxy) is 2. The van der Waals surface area contributed by atoms with Gasteiger partial charge in [-0.2, -0.15) is 0 Å². The number of nitrogens with zero attached hydrogens (tertiary/aromatic N) is 1. The fourth-order valence-electron chi connectivity index (χ4n) is 2.47. The summed E-state index contributed by atoms with van der Waals surface area (Å²) in [5.41, 5.74) is -0.795. The zero-order chi connectivity index (χ0) is 17.9. The van der Waals surface area contributed by atoms with Gasteiger partial charge in [-0.3, -0.25) is 19.1 Å². The third-order valence-electron chi connectivity index (χ3n) is 3.78. The van der Waals surface area contributed by atoms with Crippen LogP contribution in [0.4, 0.5) is 0 Å². The minimum atomic E-state index is -0.782. The average Bonchev–Trinajstić information content (AvgIpc) is 2.91. The molecular formula is C15H20N2O7. The van der Waals surface area contributed by atoms with Crippen molar-refractivity contribution in [3.8, 4) is 0 Å². The van der Waals surface area contributed by atoms with Gasteiger partial charge in [-0.25, -0.2) is 4.79 Å². The largest absolute Gasteiger partial charge is 0.459 e. The van der Waals surface area contributed by atoms with Crippen molar-refractivity contribution in [3.63, 3.8) is 0 Å². The molecule has 1 saturated heterocycles. The number of H-pyrrole nitrogens is 1. The molecular weight excluding hydrogens is 320 g/mol. The maximum absolute atomic E-state index is 11.9. The molecule has 9 nitrogen and oxygen atoms in total. The third-order valence-corrected chi connectivity index (χ3v) is 3.78. The van der Waals surface area contributed by atoms with Gasteiger partial charge in [-0.05, 0) is 13.8 Å². The van der Waals surface area contributed by atoms with E-state index in [0.29, 0.717) is 5.56 Å². The van der Waals surface area contributed by atoms with Gasteiger partial charge in [0.1, 0.15) is 24.2 Å². The Bertz CT molecular complexity index is 736. The first-order valence-electron chi connectivity index (χ1n) is 7.59. The van der Waals surface area contributed by atoms with Gasteiger partial charge >= 0.3 is 11.7 Å². The van der Waals surface area contributed by atoms with Crippen LogP contribution in [0.15, 0.2) is 15.8 Å². The highest BCUT2D eigenvalue weighted by Gasteiger charge is 2.39. The average molecular weight is 340 g/mol. The molecule has 0 aliphatic carbocycles. The molecule has 2 rings (SSSR count). The lowest BCUT2D eigenvalue weighted by atomic mass is 10.1. The van der Waals surface area contributed by atoms with Crippen molar-refractivity contribution < 1.29 is 24.2 Å². The summed E-state index contributed by atoms with van der Waals surface area (Å²) in [5.74, 6) is -0.690. The van der Waals surface area contributed by atoms with Gasteiger partial charge in [0.05, 0.1) is 13.0 Å². The number of carbonyl (C=O) groups is 2. The number of esters is 1. The number of aryl methyl sites for hydroxylation is 1. The van der Waals surface area contributed by atoms with E-state index in [4.69, 9.17) is 9.47 Å². The van der Waals surface area contributed by atoms with Crippen LogP contribution in [0.25, 0.3) is 0 Å². The molecule has 9 heteroatoms. The molecule has 0 amide bonds. The fraction of sp³-hybridized carbons (Fsp3) is 0.600. The molecule has 1 fully saturated rings. The van der Waals surface area contributed by atoms with E-state index >= 15 is 0 Å². The monoisotopic (exact) mass is 340 g/mol. The summed E-state index contributed by atoms with van der Waals surface area (Å²) < 4.78 is 12.0. The fourth-order valence-corrected chi connectivity index (χ4v) is 2.47. The lowest BCUT2D eigenvalue weighted by Gasteiger charge is -2.16. The van der Waals surface area contributed by atoms with Crippen LogP contribution in [0, 0.1) is 6.92 Å². The van der Waals surface area contributed by atoms with Crippen molar-refractivity contribution in [2.24, 2.45) is 0 Å². The quantitative estimate of drug-likeness (QED) is 0.662. The summed E-state index contributed by atoms with van der Waals surface area (Å²) in [6.07, 6.45) is -0.738. The van der Waals surface area contributed by atoms with Gasteiger partial charge in [0, 0.05) is 24.6 Å². The van der Waals surface area contributed by atoms with Crippen molar-refractivity contribution in [1.29, 1.82) is 0 Å². The van der Waals surface area contributed by atoms with E-state index in [1.807, 2.05) is 0 Å². The zero-order valence-electron chi connectivity index (χ0n) is 13.5. The molecule has 3 atom stereocenters. The minimum absolute atomic E-state index is 0.0492. The molecule has 0 radical (unpaired) electrons. The maximum Gasteiger partial charge on any atom is 0.330 e. The first-order valence-corrected chi connectivity index (χ1v) is 7.59. The predicted molar refractivity (Wildman–Crippen MR) is 81.5 cm³/mol. The van der Waals surface area contributed by atoms with E-state index in [2.05, 4.69) is 4.98 Å². The Hall–Kier alpha value is -2.26. The number of aliphatic hydroxyl groups is 1. The Morgan fingerprint density at radius 3 is 2.75 bits per heavy atom. The van der Waals surface area contributed by atoms with Crippen molar-refractivity contribution in [2.75, 3.05) is 6.61 Å². The standard InChI is InChI=1S/C15H20N2O7/c1-8-6-17(15(22)16-14(8)21)12-5-10(11(7-18)23-12)24-13(20)4-3-9(2)19/h6,10-12,18H,3-5,7H2,1-2H3,(H,16,21,22)/t10?,11-,12-/m1/s1. The van der Waals surface area contributed by atoms with E-state index in [9.17, 15) is 24.3 Å². The second-order valence-electron chi connectivity index (χ2n) is 5.76. The molecule has 2 heterocycles. The number of aromatic nitrogens is 2. The first-order chi connectivity index (χ1) is 11.3. The molecule has 132 valence electrons. The minimum Gasteiger partial charge on any atom is -0.459 e. The number of ketones is 1. The van der Waals surface area contributed by atoms with Gasteiger partial charge in [0.2, 0.25) is 0 Å². The van der Waals surface area contributed by atoms with Gasteiger partial charge < -0.3 is 19.4 Å². The number of nitrogens with one attached hydrogen (secondary N) is 1. The molecule has 2 N–H and O–H groups in total. The smallest absolute Gasteiger partial charge is 0.330 e. The first kappa shape index (κ1) is 18.1. The number of rotatable bonds is 6. The van der Waals surface area contributed by atoms with Crippen molar-refractivity contribution >= 4 is 11.8 Å². The Kier molecular flexibility index (Phi) is 5.68. The Balaban J connectivity index is 2.10. The van der Waals surface area contributed by atoms with Crippen LogP contribution in [-0.4, -0.2) is 45.2 Å². The van der Waals surface area contributed by atoms with Gasteiger partial charge in [-0.15, -0.1) is 0 Å². The molecule has 1 aromatic rings. The van der Waals surface area contributed by atoms with Crippen molar-refractivity contribution in [1.82, 2.24) is 9.55 Å². The summed E-state index contributed by atoms with van der Waals surface area (Å²) in [4.78, 5) is 48.1. The highest BCUT2D eigenvalue weighted by Crippen LogP contribution is 2.30. The Morgan fingerprint density at radius 1 is 1.42 bits per heavy atom. The molecule has 1 aliphatic rings. The van der Waals surface area contributed by atoms with E-state index in [-0.39, 0.29) is 25.0 Å². The van der Waals surface area contributed by atoms with E-state index < -0.39 is 42.3 Å². The second-order valence-corrected chi connectivity index (χ2v) is 5.76. The molecule has 1 aromatic heterocycles. The number of aromatic amines is 1. The van der Waals surface area contributed by atoms with Gasteiger partial charge in [-0.1, -0.05) is 0 Å².